The van der Waals surface area contributed by atoms with Gasteiger partial charge in [0.25, 0.3) is 5.91 Å². The predicted octanol–water partition coefficient (Wildman–Crippen LogP) is 4.34. The van der Waals surface area contributed by atoms with E-state index in [1.165, 1.54) is 6.07 Å². The van der Waals surface area contributed by atoms with Gasteiger partial charge >= 0.3 is 11.9 Å². The number of nitrogens with one attached hydrogen (secondary N) is 1. The SMILES string of the molecule is CCOC(=O)c1c(NC(=O)c2ccc(C)o2)sc(C(=O)OC(C)(C)C)c1C. The first-order valence-electron chi connectivity index (χ1n) is 8.45. The standard InChI is InChI=1S/C19H23NO6S/c1-7-24-17(22)13-11(3)14(18(23)26-19(4,5)6)27-16(13)20-15(21)12-9-8-10(2)25-12/h8-9H,7H2,1-6H3,(H,20,21). The number of carbonyl (C=O) groups is 3. The third-order valence-corrected chi connectivity index (χ3v) is 4.59. The third kappa shape index (κ3) is 4.97. The van der Waals surface area contributed by atoms with Gasteiger partial charge in [-0.05, 0) is 59.2 Å². The molecule has 0 atom stereocenters. The first kappa shape index (κ1) is 20.7. The van der Waals surface area contributed by atoms with Crippen LogP contribution in [0.15, 0.2) is 16.5 Å². The van der Waals surface area contributed by atoms with Gasteiger partial charge in [-0.3, -0.25) is 4.79 Å². The molecule has 0 aliphatic rings. The summed E-state index contributed by atoms with van der Waals surface area (Å²) in [5, 5.41) is 2.85. The molecule has 0 aromatic carbocycles. The molecule has 0 saturated heterocycles. The van der Waals surface area contributed by atoms with Crippen LogP contribution in [-0.2, 0) is 9.47 Å². The molecule has 2 rings (SSSR count). The van der Waals surface area contributed by atoms with Crippen LogP contribution in [0.2, 0.25) is 0 Å². The van der Waals surface area contributed by atoms with Crippen LogP contribution < -0.4 is 5.32 Å². The fourth-order valence-corrected chi connectivity index (χ4v) is 3.36. The minimum atomic E-state index is -0.688. The predicted molar refractivity (Wildman–Crippen MR) is 102 cm³/mol. The zero-order chi connectivity index (χ0) is 20.4. The van der Waals surface area contributed by atoms with Crippen molar-refractivity contribution in [3.05, 3.63) is 39.7 Å². The number of carbonyl (C=O) groups excluding carboxylic acids is 3. The Kier molecular flexibility index (Phi) is 6.10. The van der Waals surface area contributed by atoms with Crippen molar-refractivity contribution in [1.82, 2.24) is 0 Å². The van der Waals surface area contributed by atoms with Crippen molar-refractivity contribution in [3.63, 3.8) is 0 Å². The monoisotopic (exact) mass is 393 g/mol. The maximum Gasteiger partial charge on any atom is 0.349 e. The lowest BCUT2D eigenvalue weighted by Gasteiger charge is -2.19. The molecule has 27 heavy (non-hydrogen) atoms. The van der Waals surface area contributed by atoms with E-state index in [-0.39, 0.29) is 27.8 Å². The van der Waals surface area contributed by atoms with Crippen molar-refractivity contribution in [2.24, 2.45) is 0 Å². The molecule has 2 aromatic heterocycles. The number of amides is 1. The van der Waals surface area contributed by atoms with E-state index >= 15 is 0 Å². The van der Waals surface area contributed by atoms with Crippen molar-refractivity contribution in [1.29, 1.82) is 0 Å². The Balaban J connectivity index is 2.42. The van der Waals surface area contributed by atoms with Crippen molar-refractivity contribution < 1.29 is 28.3 Å². The Morgan fingerprint density at radius 2 is 1.81 bits per heavy atom. The van der Waals surface area contributed by atoms with Crippen molar-refractivity contribution in [2.75, 3.05) is 11.9 Å². The normalized spacial score (nSPS) is 11.2. The summed E-state index contributed by atoms with van der Waals surface area (Å²) >= 11 is 0.970. The van der Waals surface area contributed by atoms with E-state index in [0.717, 1.165) is 11.3 Å². The summed E-state index contributed by atoms with van der Waals surface area (Å²) in [7, 11) is 0. The summed E-state index contributed by atoms with van der Waals surface area (Å²) in [6, 6.07) is 3.19. The van der Waals surface area contributed by atoms with Gasteiger partial charge in [-0.15, -0.1) is 11.3 Å². The van der Waals surface area contributed by atoms with Crippen molar-refractivity contribution in [3.8, 4) is 0 Å². The van der Waals surface area contributed by atoms with E-state index in [2.05, 4.69) is 5.32 Å². The molecule has 0 aliphatic carbocycles. The second-order valence-corrected chi connectivity index (χ2v) is 7.87. The van der Waals surface area contributed by atoms with Crippen LogP contribution >= 0.6 is 11.3 Å². The fraction of sp³-hybridized carbons (Fsp3) is 0.421. The van der Waals surface area contributed by atoms with Crippen molar-refractivity contribution in [2.45, 2.75) is 47.1 Å². The number of hydrogen-bond donors (Lipinski definition) is 1. The average Bonchev–Trinajstić information content (AvgIpc) is 3.10. The number of esters is 2. The van der Waals surface area contributed by atoms with Crippen LogP contribution in [0.25, 0.3) is 0 Å². The largest absolute Gasteiger partial charge is 0.462 e. The Bertz CT molecular complexity index is 871. The van der Waals surface area contributed by atoms with Gasteiger partial charge in [-0.2, -0.15) is 0 Å². The minimum absolute atomic E-state index is 0.104. The summed E-state index contributed by atoms with van der Waals surface area (Å²) in [4.78, 5) is 37.5. The van der Waals surface area contributed by atoms with Gasteiger partial charge in [0.1, 0.15) is 21.2 Å². The summed E-state index contributed by atoms with van der Waals surface area (Å²) in [6.45, 7) is 10.4. The lowest BCUT2D eigenvalue weighted by molar-refractivity contribution is 0.00744. The van der Waals surface area contributed by atoms with Crippen LogP contribution in [-0.4, -0.2) is 30.1 Å². The first-order chi connectivity index (χ1) is 12.5. The highest BCUT2D eigenvalue weighted by Crippen LogP contribution is 2.35. The number of ether oxygens (including phenoxy) is 2. The van der Waals surface area contributed by atoms with Crippen LogP contribution in [0.3, 0.4) is 0 Å². The minimum Gasteiger partial charge on any atom is -0.462 e. The molecule has 1 N–H and O–H groups in total. The highest BCUT2D eigenvalue weighted by atomic mass is 32.1. The maximum absolute atomic E-state index is 12.5. The van der Waals surface area contributed by atoms with Crippen LogP contribution in [0.5, 0.6) is 0 Å². The second kappa shape index (κ2) is 7.96. The van der Waals surface area contributed by atoms with Gasteiger partial charge in [-0.1, -0.05) is 0 Å². The highest BCUT2D eigenvalue weighted by molar-refractivity contribution is 7.18. The number of rotatable bonds is 5. The summed E-state index contributed by atoms with van der Waals surface area (Å²) in [6.07, 6.45) is 0. The number of aryl methyl sites for hydroxylation is 1. The summed E-state index contributed by atoms with van der Waals surface area (Å²) in [5.41, 5.74) is -0.148. The van der Waals surface area contributed by atoms with E-state index < -0.39 is 23.4 Å². The van der Waals surface area contributed by atoms with E-state index in [1.807, 2.05) is 0 Å². The van der Waals surface area contributed by atoms with Gasteiger partial charge in [0.2, 0.25) is 0 Å². The van der Waals surface area contributed by atoms with E-state index in [9.17, 15) is 14.4 Å². The molecule has 2 heterocycles. The molecule has 0 spiro atoms. The molecule has 0 unspecified atom stereocenters. The zero-order valence-corrected chi connectivity index (χ0v) is 17.0. The molecule has 0 radical (unpaired) electrons. The highest BCUT2D eigenvalue weighted by Gasteiger charge is 2.29. The Morgan fingerprint density at radius 1 is 1.15 bits per heavy atom. The van der Waals surface area contributed by atoms with E-state index in [4.69, 9.17) is 13.9 Å². The smallest absolute Gasteiger partial charge is 0.349 e. The van der Waals surface area contributed by atoms with Gasteiger partial charge in [0, 0.05) is 0 Å². The number of furan rings is 1. The maximum atomic E-state index is 12.5. The number of hydrogen-bond acceptors (Lipinski definition) is 7. The Labute approximate surface area is 161 Å². The number of anilines is 1. The van der Waals surface area contributed by atoms with Crippen LogP contribution in [0, 0.1) is 13.8 Å². The van der Waals surface area contributed by atoms with Gasteiger partial charge in [0.15, 0.2) is 5.76 Å². The van der Waals surface area contributed by atoms with Crippen LogP contribution in [0.1, 0.15) is 69.6 Å². The first-order valence-corrected chi connectivity index (χ1v) is 9.26. The quantitative estimate of drug-likeness (QED) is 0.759. The van der Waals surface area contributed by atoms with Crippen LogP contribution in [0.4, 0.5) is 5.00 Å². The molecule has 7 nitrogen and oxygen atoms in total. The molecular weight excluding hydrogens is 370 g/mol. The molecule has 0 fully saturated rings. The van der Waals surface area contributed by atoms with Gasteiger partial charge < -0.3 is 19.2 Å². The molecule has 1 amide bonds. The van der Waals surface area contributed by atoms with Gasteiger partial charge in [0.05, 0.1) is 12.2 Å². The topological polar surface area (TPSA) is 94.8 Å². The van der Waals surface area contributed by atoms with E-state index in [0.29, 0.717) is 11.3 Å². The third-order valence-electron chi connectivity index (χ3n) is 3.40. The molecule has 0 aliphatic heterocycles. The summed E-state index contributed by atoms with van der Waals surface area (Å²) in [5.74, 6) is -1.02. The van der Waals surface area contributed by atoms with E-state index in [1.54, 1.807) is 47.6 Å². The van der Waals surface area contributed by atoms with Gasteiger partial charge in [-0.25, -0.2) is 9.59 Å². The Hall–Kier alpha value is -2.61. The molecule has 0 saturated carbocycles. The molecular formula is C19H23NO6S. The molecule has 8 heteroatoms. The lowest BCUT2D eigenvalue weighted by atomic mass is 10.1. The second-order valence-electron chi connectivity index (χ2n) is 6.85. The Morgan fingerprint density at radius 3 is 2.33 bits per heavy atom. The number of thiophene rings is 1. The zero-order valence-electron chi connectivity index (χ0n) is 16.2. The summed E-state index contributed by atoms with van der Waals surface area (Å²) < 4.78 is 15.8. The molecule has 146 valence electrons. The molecule has 0 bridgehead atoms. The average molecular weight is 393 g/mol. The lowest BCUT2D eigenvalue weighted by Crippen LogP contribution is -2.23. The van der Waals surface area contributed by atoms with Crippen molar-refractivity contribution >= 4 is 34.2 Å². The molecule has 2 aromatic rings. The fourth-order valence-electron chi connectivity index (χ4n) is 2.29.